The number of nitriles is 1. The summed E-state index contributed by atoms with van der Waals surface area (Å²) in [6.45, 7) is 12.4. The molecule has 1 fully saturated rings. The number of rotatable bonds is 18. The SMILES string of the molecule is N#CCCOPOC[C@@H]1O[C@H](COCc2ccccc2)C(OCc2ccccc2)C(OCc2ccccc2)C1OC(=O)c1ccccc1.[CH2-]CC.[CH2-]CC.[Ni+2]. The van der Waals surface area contributed by atoms with Crippen molar-refractivity contribution in [3.63, 3.8) is 0 Å². The minimum absolute atomic E-state index is 0. The van der Waals surface area contributed by atoms with E-state index in [1.54, 1.807) is 24.3 Å². The molecule has 4 aromatic rings. The normalized spacial score (nSPS) is 18.8. The first-order chi connectivity index (χ1) is 26.5. The third-order valence-corrected chi connectivity index (χ3v) is 8.23. The fourth-order valence-electron chi connectivity index (χ4n) is 5.26. The van der Waals surface area contributed by atoms with Crippen LogP contribution < -0.4 is 0 Å². The van der Waals surface area contributed by atoms with Crippen molar-refractivity contribution in [3.8, 4) is 6.07 Å². The molecule has 0 bridgehead atoms. The van der Waals surface area contributed by atoms with E-state index in [0.717, 1.165) is 29.5 Å². The average Bonchev–Trinajstić information content (AvgIpc) is 3.21. The van der Waals surface area contributed by atoms with Gasteiger partial charge >= 0.3 is 22.5 Å². The monoisotopic (exact) mass is 813 g/mol. The van der Waals surface area contributed by atoms with Crippen molar-refractivity contribution in [2.45, 2.75) is 83.5 Å². The Morgan fingerprint density at radius 1 is 0.673 bits per heavy atom. The number of hydrogen-bond donors (Lipinski definition) is 0. The maximum Gasteiger partial charge on any atom is 2.00 e. The van der Waals surface area contributed by atoms with E-state index in [1.165, 1.54) is 0 Å². The Bertz CT molecular complexity index is 1560. The minimum atomic E-state index is -0.906. The first-order valence-corrected chi connectivity index (χ1v) is 19.1. The van der Waals surface area contributed by atoms with Gasteiger partial charge in [0.05, 0.1) is 57.7 Å². The number of ether oxygens (including phenoxy) is 5. The smallest absolute Gasteiger partial charge is 0.453 e. The maximum atomic E-state index is 13.5. The molecule has 1 aliphatic rings. The summed E-state index contributed by atoms with van der Waals surface area (Å²) < 4.78 is 43.7. The molecule has 6 atom stereocenters. The summed E-state index contributed by atoms with van der Waals surface area (Å²) in [5.74, 6) is -0.518. The van der Waals surface area contributed by atoms with Crippen LogP contribution in [0.25, 0.3) is 0 Å². The summed E-state index contributed by atoms with van der Waals surface area (Å²) in [5.41, 5.74) is 3.35. The first kappa shape index (κ1) is 47.7. The van der Waals surface area contributed by atoms with Crippen LogP contribution in [0.4, 0.5) is 0 Å². The molecule has 9 nitrogen and oxygen atoms in total. The molecule has 1 aliphatic heterocycles. The molecule has 1 saturated heterocycles. The van der Waals surface area contributed by atoms with E-state index in [9.17, 15) is 4.79 Å². The predicted molar refractivity (Wildman–Crippen MR) is 212 cm³/mol. The van der Waals surface area contributed by atoms with Gasteiger partial charge in [0.15, 0.2) is 15.1 Å². The van der Waals surface area contributed by atoms with E-state index < -0.39 is 36.5 Å². The Kier molecular flexibility index (Phi) is 25.8. The minimum Gasteiger partial charge on any atom is -0.453 e. The number of nitrogens with zero attached hydrogens (tertiary/aromatic N) is 1. The van der Waals surface area contributed by atoms with Gasteiger partial charge in [0.1, 0.15) is 24.4 Å². The number of hydrogen-bond acceptors (Lipinski definition) is 9. The van der Waals surface area contributed by atoms with E-state index in [1.807, 2.05) is 117 Å². The third-order valence-electron chi connectivity index (χ3n) is 7.63. The van der Waals surface area contributed by atoms with E-state index in [0.29, 0.717) is 12.2 Å². The Morgan fingerprint density at radius 3 is 1.64 bits per heavy atom. The maximum absolute atomic E-state index is 13.5. The Hall–Kier alpha value is -3.48. The summed E-state index contributed by atoms with van der Waals surface area (Å²) in [7, 11) is -0.330. The molecular weight excluding hydrogens is 760 g/mol. The molecule has 11 heteroatoms. The number of carbonyl (C=O) groups excluding carboxylic acids is 1. The van der Waals surface area contributed by atoms with E-state index in [2.05, 4.69) is 13.8 Å². The van der Waals surface area contributed by atoms with Crippen molar-refractivity contribution >= 4 is 15.0 Å². The molecule has 1 heterocycles. The largest absolute Gasteiger partial charge is 2.00 e. The second-order valence-electron chi connectivity index (χ2n) is 12.1. The Balaban J connectivity index is 0.00000140. The zero-order valence-corrected chi connectivity index (χ0v) is 33.7. The van der Waals surface area contributed by atoms with Crippen molar-refractivity contribution in [1.29, 1.82) is 5.26 Å². The number of benzene rings is 4. The molecule has 0 saturated carbocycles. The molecule has 0 N–H and O–H groups in total. The quantitative estimate of drug-likeness (QED) is 0.0320. The average molecular weight is 815 g/mol. The second kappa shape index (κ2) is 29.8. The molecule has 0 amide bonds. The van der Waals surface area contributed by atoms with E-state index in [4.69, 9.17) is 38.0 Å². The van der Waals surface area contributed by atoms with Crippen LogP contribution in [0.15, 0.2) is 121 Å². The van der Waals surface area contributed by atoms with Crippen LogP contribution in [0.1, 0.15) is 60.2 Å². The van der Waals surface area contributed by atoms with Crippen LogP contribution >= 0.6 is 9.03 Å². The van der Waals surface area contributed by atoms with Crippen LogP contribution in [-0.4, -0.2) is 56.3 Å². The van der Waals surface area contributed by atoms with Crippen molar-refractivity contribution in [2.24, 2.45) is 0 Å². The third kappa shape index (κ3) is 18.3. The van der Waals surface area contributed by atoms with Crippen molar-refractivity contribution in [3.05, 3.63) is 157 Å². The molecule has 0 spiro atoms. The van der Waals surface area contributed by atoms with E-state index >= 15 is 0 Å². The van der Waals surface area contributed by atoms with Gasteiger partial charge in [0, 0.05) is 0 Å². The molecule has 55 heavy (non-hydrogen) atoms. The first-order valence-electron chi connectivity index (χ1n) is 18.3. The standard InChI is InChI=1S/C38H40NO8P.2C3H7.Ni/c39-22-13-23-44-48-45-28-34-36(47-38(40)32-20-11-4-12-21-32)37(43-26-31-18-9-3-10-19-31)35(42-25-30-16-7-2-8-17-30)33(46-34)27-41-24-29-14-5-1-6-15-29;2*1-3-2;/h1-12,14-21,33-37,48H,13,23-28H2;2*1,3H2,2H3;/q;2*-1;+2/t33-,34+,35?,36?,37?;;;/m1.../s1. The van der Waals surface area contributed by atoms with Gasteiger partial charge in [0.2, 0.25) is 0 Å². The van der Waals surface area contributed by atoms with Gasteiger partial charge in [-0.1, -0.05) is 123 Å². The van der Waals surface area contributed by atoms with Gasteiger partial charge in [-0.25, -0.2) is 4.79 Å². The molecule has 0 aromatic heterocycles. The fourth-order valence-corrected chi connectivity index (χ4v) is 5.76. The molecule has 298 valence electrons. The van der Waals surface area contributed by atoms with Gasteiger partial charge in [0.25, 0.3) is 0 Å². The fraction of sp³-hybridized carbons (Fsp3) is 0.364. The number of carbonyl (C=O) groups is 1. The molecule has 0 radical (unpaired) electrons. The topological polar surface area (TPSA) is 105 Å². The summed E-state index contributed by atoms with van der Waals surface area (Å²) in [6, 6.07) is 40.4. The van der Waals surface area contributed by atoms with Crippen LogP contribution in [0.2, 0.25) is 0 Å². The van der Waals surface area contributed by atoms with Crippen LogP contribution in [-0.2, 0) is 69.0 Å². The molecule has 0 aliphatic carbocycles. The van der Waals surface area contributed by atoms with Crippen molar-refractivity contribution in [2.75, 3.05) is 19.8 Å². The summed E-state index contributed by atoms with van der Waals surface area (Å²) in [6.07, 6.45) is -1.42. The van der Waals surface area contributed by atoms with Gasteiger partial charge in [-0.05, 0) is 28.8 Å². The zero-order valence-electron chi connectivity index (χ0n) is 31.7. The van der Waals surface area contributed by atoms with Gasteiger partial charge in [-0.15, -0.1) is 0 Å². The Labute approximate surface area is 339 Å². The molecule has 5 rings (SSSR count). The Morgan fingerprint density at radius 2 is 1.13 bits per heavy atom. The van der Waals surface area contributed by atoms with Crippen molar-refractivity contribution in [1.82, 2.24) is 0 Å². The molecule has 4 unspecified atom stereocenters. The van der Waals surface area contributed by atoms with Gasteiger partial charge in [-0.3, -0.25) is 0 Å². The summed E-state index contributed by atoms with van der Waals surface area (Å²) in [5, 5.41) is 8.84. The van der Waals surface area contributed by atoms with E-state index in [-0.39, 0.29) is 65.0 Å². The van der Waals surface area contributed by atoms with Crippen LogP contribution in [0.5, 0.6) is 0 Å². The summed E-state index contributed by atoms with van der Waals surface area (Å²) in [4.78, 5) is 13.5. The van der Waals surface area contributed by atoms with Gasteiger partial charge in [-0.2, -0.15) is 18.1 Å². The number of esters is 1. The predicted octanol–water partition coefficient (Wildman–Crippen LogP) is 9.28. The second-order valence-corrected chi connectivity index (χ2v) is 12.9. The molecular formula is C44H54NNiO8P. The summed E-state index contributed by atoms with van der Waals surface area (Å²) >= 11 is 0. The zero-order chi connectivity index (χ0) is 38.6. The van der Waals surface area contributed by atoms with Gasteiger partial charge < -0.3 is 46.6 Å². The van der Waals surface area contributed by atoms with Crippen molar-refractivity contribution < 1.29 is 54.0 Å². The molecule has 4 aromatic carbocycles. The van der Waals surface area contributed by atoms with Crippen LogP contribution in [0.3, 0.4) is 0 Å². The van der Waals surface area contributed by atoms with Crippen LogP contribution in [0, 0.1) is 25.2 Å².